The van der Waals surface area contributed by atoms with Crippen molar-refractivity contribution in [2.75, 3.05) is 16.8 Å². The Balaban J connectivity index is 1.54. The van der Waals surface area contributed by atoms with Crippen LogP contribution in [0.15, 0.2) is 42.5 Å². The highest BCUT2D eigenvalue weighted by atomic mass is 35.5. The van der Waals surface area contributed by atoms with Crippen molar-refractivity contribution < 1.29 is 14.0 Å². The van der Waals surface area contributed by atoms with Gasteiger partial charge >= 0.3 is 0 Å². The van der Waals surface area contributed by atoms with E-state index in [-0.39, 0.29) is 16.8 Å². The van der Waals surface area contributed by atoms with Crippen LogP contribution >= 0.6 is 11.6 Å². The molecule has 1 N–H and O–H groups in total. The standard InChI is InChI=1S/C19H16ClFN2O2/c20-14-11-13(5-6-15(14)21)22-17(24)19(8-9-19)18(25)23-10-7-12-3-1-2-4-16(12)23/h1-6,11H,7-10H2,(H,22,24). The zero-order valence-electron chi connectivity index (χ0n) is 13.4. The fraction of sp³-hybridized carbons (Fsp3) is 0.263. The minimum absolute atomic E-state index is 0.0672. The summed E-state index contributed by atoms with van der Waals surface area (Å²) in [4.78, 5) is 27.4. The zero-order valence-corrected chi connectivity index (χ0v) is 14.1. The Bertz CT molecular complexity index is 879. The van der Waals surface area contributed by atoms with E-state index in [4.69, 9.17) is 11.6 Å². The number of amides is 2. The van der Waals surface area contributed by atoms with Gasteiger partial charge in [0, 0.05) is 17.9 Å². The van der Waals surface area contributed by atoms with Gasteiger partial charge in [0.05, 0.1) is 5.02 Å². The smallest absolute Gasteiger partial charge is 0.242 e. The van der Waals surface area contributed by atoms with Crippen molar-refractivity contribution >= 4 is 34.8 Å². The lowest BCUT2D eigenvalue weighted by Crippen LogP contribution is -2.42. The van der Waals surface area contributed by atoms with E-state index in [0.29, 0.717) is 25.1 Å². The Labute approximate surface area is 149 Å². The van der Waals surface area contributed by atoms with Gasteiger partial charge in [0.15, 0.2) is 0 Å². The van der Waals surface area contributed by atoms with Gasteiger partial charge in [0.2, 0.25) is 11.8 Å². The van der Waals surface area contributed by atoms with Crippen LogP contribution < -0.4 is 10.2 Å². The number of halogens is 2. The minimum atomic E-state index is -1.03. The number of hydrogen-bond acceptors (Lipinski definition) is 2. The van der Waals surface area contributed by atoms with E-state index in [2.05, 4.69) is 5.32 Å². The van der Waals surface area contributed by atoms with Gasteiger partial charge in [0.1, 0.15) is 11.2 Å². The molecule has 25 heavy (non-hydrogen) atoms. The fourth-order valence-corrected chi connectivity index (χ4v) is 3.48. The molecule has 0 radical (unpaired) electrons. The molecule has 2 amide bonds. The quantitative estimate of drug-likeness (QED) is 0.849. The number of hydrogen-bond donors (Lipinski definition) is 1. The first-order valence-corrected chi connectivity index (χ1v) is 8.55. The average Bonchev–Trinajstić information content (AvgIpc) is 3.31. The third-order valence-corrected chi connectivity index (χ3v) is 5.19. The van der Waals surface area contributed by atoms with Crippen LogP contribution in [0.2, 0.25) is 5.02 Å². The molecule has 1 aliphatic heterocycles. The number of carbonyl (C=O) groups excluding carboxylic acids is 2. The number of rotatable bonds is 3. The van der Waals surface area contributed by atoms with Gasteiger partial charge < -0.3 is 10.2 Å². The topological polar surface area (TPSA) is 49.4 Å². The third-order valence-electron chi connectivity index (χ3n) is 4.90. The Hall–Kier alpha value is -2.40. The molecule has 0 unspecified atom stereocenters. The molecule has 1 heterocycles. The van der Waals surface area contributed by atoms with Crippen LogP contribution in [0.5, 0.6) is 0 Å². The molecular formula is C19H16ClFN2O2. The Kier molecular flexibility index (Phi) is 3.76. The molecule has 1 aliphatic carbocycles. The second-order valence-corrected chi connectivity index (χ2v) is 6.91. The fourth-order valence-electron chi connectivity index (χ4n) is 3.30. The first kappa shape index (κ1) is 16.1. The van der Waals surface area contributed by atoms with E-state index >= 15 is 0 Å². The summed E-state index contributed by atoms with van der Waals surface area (Å²) < 4.78 is 13.3. The zero-order chi connectivity index (χ0) is 17.6. The molecule has 2 aromatic rings. The highest BCUT2D eigenvalue weighted by molar-refractivity contribution is 6.31. The van der Waals surface area contributed by atoms with Gasteiger partial charge in [-0.3, -0.25) is 9.59 Å². The summed E-state index contributed by atoms with van der Waals surface area (Å²) in [5, 5.41) is 2.64. The number of nitrogens with one attached hydrogen (secondary N) is 1. The second-order valence-electron chi connectivity index (χ2n) is 6.50. The van der Waals surface area contributed by atoms with Crippen molar-refractivity contribution in [2.45, 2.75) is 19.3 Å². The summed E-state index contributed by atoms with van der Waals surface area (Å²) in [6.07, 6.45) is 1.84. The molecule has 0 atom stereocenters. The molecule has 2 aromatic carbocycles. The summed E-state index contributed by atoms with van der Waals surface area (Å²) in [5.41, 5.74) is 1.37. The van der Waals surface area contributed by atoms with E-state index in [0.717, 1.165) is 17.7 Å². The first-order valence-electron chi connectivity index (χ1n) is 8.18. The molecule has 4 rings (SSSR count). The summed E-state index contributed by atoms with van der Waals surface area (Å²) >= 11 is 5.75. The van der Waals surface area contributed by atoms with Crippen molar-refractivity contribution in [1.29, 1.82) is 0 Å². The lowest BCUT2D eigenvalue weighted by atomic mass is 10.0. The summed E-state index contributed by atoms with van der Waals surface area (Å²) in [7, 11) is 0. The van der Waals surface area contributed by atoms with Gasteiger partial charge in [-0.2, -0.15) is 0 Å². The number of benzene rings is 2. The molecule has 0 bridgehead atoms. The van der Waals surface area contributed by atoms with Gasteiger partial charge in [-0.1, -0.05) is 29.8 Å². The molecule has 1 fully saturated rings. The number of fused-ring (bicyclic) bond motifs is 1. The molecule has 128 valence electrons. The maximum atomic E-state index is 13.3. The van der Waals surface area contributed by atoms with Crippen LogP contribution in [0.3, 0.4) is 0 Å². The summed E-state index contributed by atoms with van der Waals surface area (Å²) in [5.74, 6) is -1.07. The molecular weight excluding hydrogens is 343 g/mol. The van der Waals surface area contributed by atoms with Gasteiger partial charge in [-0.15, -0.1) is 0 Å². The minimum Gasteiger partial charge on any atom is -0.325 e. The Morgan fingerprint density at radius 1 is 1.16 bits per heavy atom. The highest BCUT2D eigenvalue weighted by Gasteiger charge is 2.58. The lowest BCUT2D eigenvalue weighted by Gasteiger charge is -2.23. The number of para-hydroxylation sites is 1. The van der Waals surface area contributed by atoms with E-state index in [9.17, 15) is 14.0 Å². The van der Waals surface area contributed by atoms with Crippen LogP contribution in [0.25, 0.3) is 0 Å². The molecule has 2 aliphatic rings. The van der Waals surface area contributed by atoms with Gasteiger partial charge in [-0.25, -0.2) is 4.39 Å². The van der Waals surface area contributed by atoms with Crippen LogP contribution in [-0.4, -0.2) is 18.4 Å². The monoisotopic (exact) mass is 358 g/mol. The second kappa shape index (κ2) is 5.85. The SMILES string of the molecule is O=C(Nc1ccc(F)c(Cl)c1)C1(C(=O)N2CCc3ccccc32)CC1. The maximum Gasteiger partial charge on any atom is 0.242 e. The van der Waals surface area contributed by atoms with Gasteiger partial charge in [0.25, 0.3) is 0 Å². The summed E-state index contributed by atoms with van der Waals surface area (Å²) in [6.45, 7) is 0.593. The maximum absolute atomic E-state index is 13.3. The number of anilines is 2. The van der Waals surface area contributed by atoms with Crippen molar-refractivity contribution in [2.24, 2.45) is 5.41 Å². The van der Waals surface area contributed by atoms with Crippen molar-refractivity contribution in [3.63, 3.8) is 0 Å². The van der Waals surface area contributed by atoms with Crippen molar-refractivity contribution in [3.8, 4) is 0 Å². The Morgan fingerprint density at radius 3 is 2.64 bits per heavy atom. The van der Waals surface area contributed by atoms with Crippen LogP contribution in [0, 0.1) is 11.2 Å². The van der Waals surface area contributed by atoms with Crippen LogP contribution in [0.4, 0.5) is 15.8 Å². The number of carbonyl (C=O) groups is 2. The largest absolute Gasteiger partial charge is 0.325 e. The predicted octanol–water partition coefficient (Wildman–Crippen LogP) is 3.79. The first-order chi connectivity index (χ1) is 12.0. The highest BCUT2D eigenvalue weighted by Crippen LogP contribution is 2.49. The average molecular weight is 359 g/mol. The predicted molar refractivity (Wildman–Crippen MR) is 94.2 cm³/mol. The molecule has 0 spiro atoms. The molecule has 0 saturated heterocycles. The molecule has 4 nitrogen and oxygen atoms in total. The lowest BCUT2D eigenvalue weighted by molar-refractivity contribution is -0.132. The van der Waals surface area contributed by atoms with Crippen LogP contribution in [0.1, 0.15) is 18.4 Å². The molecule has 0 aromatic heterocycles. The Morgan fingerprint density at radius 2 is 1.92 bits per heavy atom. The van der Waals surface area contributed by atoms with Crippen LogP contribution in [-0.2, 0) is 16.0 Å². The van der Waals surface area contributed by atoms with E-state index in [1.54, 1.807) is 4.90 Å². The number of nitrogens with zero attached hydrogens (tertiary/aromatic N) is 1. The van der Waals surface area contributed by atoms with E-state index < -0.39 is 11.2 Å². The summed E-state index contributed by atoms with van der Waals surface area (Å²) in [6, 6.07) is 11.7. The van der Waals surface area contributed by atoms with Crippen molar-refractivity contribution in [3.05, 3.63) is 58.9 Å². The normalized spacial score (nSPS) is 17.1. The molecule has 1 saturated carbocycles. The molecule has 6 heteroatoms. The van der Waals surface area contributed by atoms with Gasteiger partial charge in [-0.05, 0) is 49.1 Å². The van der Waals surface area contributed by atoms with E-state index in [1.807, 2.05) is 24.3 Å². The van der Waals surface area contributed by atoms with E-state index in [1.165, 1.54) is 18.2 Å². The van der Waals surface area contributed by atoms with Crippen molar-refractivity contribution in [1.82, 2.24) is 0 Å². The third kappa shape index (κ3) is 2.68.